The van der Waals surface area contributed by atoms with Crippen LogP contribution in [0.5, 0.6) is 0 Å². The number of aliphatic hydroxyl groups is 6. The molecule has 0 saturated carbocycles. The van der Waals surface area contributed by atoms with Gasteiger partial charge in [-0.15, -0.1) is 0 Å². The van der Waals surface area contributed by atoms with E-state index in [1.807, 2.05) is 26.0 Å². The highest BCUT2D eigenvalue weighted by molar-refractivity contribution is 8.01. The molecule has 6 heterocycles. The minimum atomic E-state index is -1.86. The van der Waals surface area contributed by atoms with Crippen LogP contribution >= 0.6 is 46.7 Å². The molecule has 26 nitrogen and oxygen atoms in total. The van der Waals surface area contributed by atoms with Gasteiger partial charge in [-0.3, -0.25) is 29.8 Å². The van der Waals surface area contributed by atoms with Crippen molar-refractivity contribution < 1.29 is 100 Å². The first-order valence-corrected chi connectivity index (χ1v) is 40.7. The molecular weight excluding hydrogens is 1540 g/mol. The number of hydrogen-bond acceptors (Lipinski definition) is 22. The van der Waals surface area contributed by atoms with E-state index in [4.69, 9.17) is 54.4 Å². The number of allylic oxidation sites excluding steroid dienone is 6. The number of nitrogens with zero attached hydrogens (tertiary/aromatic N) is 4. The van der Waals surface area contributed by atoms with Crippen LogP contribution in [0.1, 0.15) is 195 Å². The van der Waals surface area contributed by atoms with Crippen molar-refractivity contribution in [3.8, 4) is 0 Å². The van der Waals surface area contributed by atoms with Crippen LogP contribution in [-0.4, -0.2) is 221 Å². The summed E-state index contributed by atoms with van der Waals surface area (Å²) >= 11 is 17.0. The minimum Gasteiger partial charge on any atom is -0.457 e. The van der Waals surface area contributed by atoms with Crippen LogP contribution in [0.4, 0.5) is 21.0 Å². The van der Waals surface area contributed by atoms with E-state index >= 15 is 0 Å². The number of thioether (sulfide) groups is 2. The predicted octanol–water partition coefficient (Wildman–Crippen LogP) is 11.5. The van der Waals surface area contributed by atoms with Gasteiger partial charge >= 0.3 is 24.1 Å². The van der Waals surface area contributed by atoms with Gasteiger partial charge in [0.05, 0.1) is 72.9 Å². The first-order chi connectivity index (χ1) is 53.8. The largest absolute Gasteiger partial charge is 0.457 e. The Kier molecular flexibility index (Phi) is 33.8. The van der Waals surface area contributed by atoms with Crippen molar-refractivity contribution in [2.45, 2.75) is 288 Å². The molecular formula is C83H126Cl2N6O20S2. The molecule has 2 aromatic carbocycles. The number of benzene rings is 2. The van der Waals surface area contributed by atoms with Crippen molar-refractivity contribution in [2.24, 2.45) is 23.7 Å². The van der Waals surface area contributed by atoms with E-state index in [0.29, 0.717) is 58.7 Å². The van der Waals surface area contributed by atoms with Gasteiger partial charge in [0.1, 0.15) is 47.7 Å². The zero-order valence-corrected chi connectivity index (χ0v) is 72.7. The number of esters is 2. The summed E-state index contributed by atoms with van der Waals surface area (Å²) in [4.78, 5) is 114. The van der Waals surface area contributed by atoms with E-state index in [2.05, 4.69) is 59.1 Å². The summed E-state index contributed by atoms with van der Waals surface area (Å²) < 4.78 is 47.4. The molecule has 0 aliphatic carbocycles. The summed E-state index contributed by atoms with van der Waals surface area (Å²) in [5.41, 5.74) is -1.40. The van der Waals surface area contributed by atoms with Crippen LogP contribution in [0, 0.1) is 23.7 Å². The molecule has 2 aromatic rings. The third-order valence-corrected chi connectivity index (χ3v) is 25.6. The fourth-order valence-corrected chi connectivity index (χ4v) is 18.2. The van der Waals surface area contributed by atoms with E-state index in [0.717, 1.165) is 22.3 Å². The van der Waals surface area contributed by atoms with Gasteiger partial charge in [0.15, 0.2) is 11.4 Å². The third kappa shape index (κ3) is 24.4. The molecule has 6 aliphatic rings. The van der Waals surface area contributed by atoms with E-state index in [9.17, 15) is 69.0 Å². The highest BCUT2D eigenvalue weighted by Gasteiger charge is 2.66. The Morgan fingerprint density at radius 3 is 1.39 bits per heavy atom. The zero-order valence-electron chi connectivity index (χ0n) is 71.6. The number of amides is 6. The number of ether oxygens (including phenoxy) is 6. The number of epoxide rings is 2. The second-order valence-electron chi connectivity index (χ2n) is 32.3. The van der Waals surface area contributed by atoms with Crippen molar-refractivity contribution in [1.82, 2.24) is 20.4 Å². The maximum atomic E-state index is 14.2. The number of rotatable bonds is 20. The fourth-order valence-electron chi connectivity index (χ4n) is 14.9. The number of anilines is 2. The van der Waals surface area contributed by atoms with E-state index in [-0.39, 0.29) is 83.6 Å². The number of likely N-dealkylation sites (N-methyl/N-ethyl adjacent to an activating group) is 2. The molecule has 8 N–H and O–H groups in total. The second-order valence-corrected chi connectivity index (χ2v) is 37.3. The SMILES string of the molecule is C/C1=C\C=C\[C@@H](CO)[C@@]2(O)C[C@H](OC(=O)N2)[C@@H](C)[C@@H]2O[C@@]2(C)[C@@H](OC(=O)[C@H](C)N(C)C(=O)CCC(C)(C)SC(C)C)CC(=O)N(C)c2cc(cc(CO)c2Cl)C1.C/C1=C\C=C\[C@@H](CO)[C@@]2(O)C[C@H](OC(=O)N2)[C@@H](C)[C@@H]2O[C@@]2(C)[C@@H](OC(=O)[C@H](C)N(C)C(=O)CCC(C)SC(C)C)CC(=O)N(C)c2cc(cc(CO)c2Cl)C1.[2H]C.[2H]C. The number of carbonyl (C=O) groups excluding carboxylic acids is 8. The molecule has 17 atom stereocenters. The fraction of sp³-hybridized carbons (Fsp3) is 0.663. The molecule has 6 aliphatic heterocycles. The molecule has 4 saturated heterocycles. The van der Waals surface area contributed by atoms with Gasteiger partial charge in [-0.1, -0.05) is 160 Å². The van der Waals surface area contributed by atoms with E-state index in [1.54, 1.807) is 142 Å². The molecule has 0 aromatic heterocycles. The van der Waals surface area contributed by atoms with Crippen LogP contribution in [-0.2, 0) is 83.2 Å². The van der Waals surface area contributed by atoms with Crippen molar-refractivity contribution in [3.63, 3.8) is 0 Å². The number of aliphatic hydroxyl groups excluding tert-OH is 4. The average Bonchev–Trinajstić information content (AvgIpc) is 1.58. The van der Waals surface area contributed by atoms with Crippen molar-refractivity contribution in [1.29, 1.82) is 0 Å². The quantitative estimate of drug-likeness (QED) is 0.0347. The summed E-state index contributed by atoms with van der Waals surface area (Å²) in [6.45, 7) is 26.8. The van der Waals surface area contributed by atoms with E-state index in [1.165, 1.54) is 34.4 Å². The van der Waals surface area contributed by atoms with Gasteiger partial charge in [-0.25, -0.2) is 19.2 Å². The Labute approximate surface area is 689 Å². The number of fused-ring (bicyclic) bond motifs is 10. The molecule has 634 valence electrons. The topological polar surface area (TPSA) is 357 Å². The maximum Gasteiger partial charge on any atom is 0.409 e. The lowest BCUT2D eigenvalue weighted by molar-refractivity contribution is -0.162. The van der Waals surface area contributed by atoms with Crippen molar-refractivity contribution in [2.75, 3.05) is 51.2 Å². The minimum absolute atomic E-state index is 0.0905. The Morgan fingerprint density at radius 1 is 0.655 bits per heavy atom. The molecule has 1 unspecified atom stereocenters. The second kappa shape index (κ2) is 40.7. The van der Waals surface area contributed by atoms with Crippen LogP contribution in [0.25, 0.3) is 0 Å². The molecule has 8 bridgehead atoms. The Balaban J connectivity index is 0.000000394. The van der Waals surface area contributed by atoms with Gasteiger partial charge in [0.25, 0.3) is 0 Å². The van der Waals surface area contributed by atoms with Crippen LogP contribution in [0.3, 0.4) is 0 Å². The summed E-state index contributed by atoms with van der Waals surface area (Å²) in [5.74, 6) is -5.73. The molecule has 0 spiro atoms. The monoisotopic (exact) mass is 1660 g/mol. The standard InChI is InChI=1S/C41H60ClN3O10S.C40H58ClN3O10S.2CH4/c1-23(2)56-39(6,7)15-14-33(48)44(9)26(5)37(50)54-32-19-34(49)45(10)30-18-27(17-28(21-46)35(30)42)16-24(3)12-11-13-29(22-47)41(52)20-31(53-38(51)43-41)25(4)36-40(32,8)55-36;1-22(2)55-24(4)13-14-33(47)43(8)26(6)37(49)53-32-18-34(48)44(9)30-17-27(16-28(20-45)35(30)41)15-23(3)11-10-12-29(21-46)40(51)19-31(52-38(50)42-40)25(5)36-39(32,7)54-36;;/h11-13,17-18,23,25-26,29,31-32,36,46-47,52H,14-16,19-22H2,1-10H3,(H,43,51);10-12,16-17,22,24-26,29,31-32,36,45-46,51H,13-15,18-21H2,1-9H3,(H,42,50);2*1H4/b13-11+,24-12+;12-10+,23-11+;;/t25-,26+,29+,31+,32+,36+,40+,41+;24?,25-,26+,29+,31+,32+,36+,39+,40+;;/m11../s1/i;;2*1D. The maximum absolute atomic E-state index is 14.2. The molecule has 113 heavy (non-hydrogen) atoms. The summed E-state index contributed by atoms with van der Waals surface area (Å²) in [6.07, 6.45) is 4.73. The summed E-state index contributed by atoms with van der Waals surface area (Å²) in [7, 11) is 8.70. The Bertz CT molecular complexity index is 3860. The van der Waals surface area contributed by atoms with E-state index < -0.39 is 144 Å². The number of alkyl carbamates (subject to hydrolysis) is 2. The number of carbonyl (C=O) groups is 8. The van der Waals surface area contributed by atoms with Gasteiger partial charge in [0, 0.05) is 90.3 Å². The number of nitrogens with one attached hydrogen (secondary N) is 2. The van der Waals surface area contributed by atoms with Gasteiger partial charge in [0.2, 0.25) is 23.6 Å². The zero-order chi connectivity index (χ0) is 86.9. The van der Waals surface area contributed by atoms with Gasteiger partial charge in [-0.2, -0.15) is 23.5 Å². The third-order valence-electron chi connectivity index (χ3n) is 22.2. The van der Waals surface area contributed by atoms with Gasteiger partial charge in [-0.05, 0) is 112 Å². The van der Waals surface area contributed by atoms with Crippen LogP contribution in [0.15, 0.2) is 71.9 Å². The number of hydrogen-bond donors (Lipinski definition) is 8. The lowest BCUT2D eigenvalue weighted by Gasteiger charge is -2.42. The highest BCUT2D eigenvalue weighted by Crippen LogP contribution is 2.52. The van der Waals surface area contributed by atoms with Crippen molar-refractivity contribution >= 4 is 106 Å². The lowest BCUT2D eigenvalue weighted by Crippen LogP contribution is -2.62. The lowest BCUT2D eigenvalue weighted by atomic mass is 9.81. The molecule has 8 rings (SSSR count). The Hall–Kier alpha value is -6.28. The highest BCUT2D eigenvalue weighted by atomic mass is 35.5. The average molecular weight is 1660 g/mol. The molecule has 4 fully saturated rings. The predicted molar refractivity (Wildman–Crippen MR) is 441 cm³/mol. The molecule has 0 radical (unpaired) electrons. The summed E-state index contributed by atoms with van der Waals surface area (Å²) in [5, 5.41) is 70.9. The smallest absolute Gasteiger partial charge is 0.409 e. The van der Waals surface area contributed by atoms with Crippen LogP contribution < -0.4 is 20.4 Å². The summed E-state index contributed by atoms with van der Waals surface area (Å²) in [6, 6.07) is 5.04. The van der Waals surface area contributed by atoms with Crippen LogP contribution in [0.2, 0.25) is 10.0 Å². The number of halogens is 2. The first-order valence-electron chi connectivity index (χ1n) is 40.1. The Morgan fingerprint density at radius 2 is 1.04 bits per heavy atom. The van der Waals surface area contributed by atoms with Gasteiger partial charge < -0.3 is 78.7 Å². The first kappa shape index (κ1) is 93.9. The van der Waals surface area contributed by atoms with Crippen molar-refractivity contribution in [3.05, 3.63) is 104 Å². The normalized spacial score (nSPS) is 30.5. The molecule has 6 amide bonds. The molecule has 30 heteroatoms.